The molecule has 4 atom stereocenters. The lowest BCUT2D eigenvalue weighted by Gasteiger charge is -2.33. The number of benzene rings is 2. The van der Waals surface area contributed by atoms with E-state index in [9.17, 15) is 14.9 Å². The van der Waals surface area contributed by atoms with Crippen LogP contribution in [-0.2, 0) is 16.1 Å². The van der Waals surface area contributed by atoms with E-state index in [0.717, 1.165) is 16.7 Å². The van der Waals surface area contributed by atoms with Crippen LogP contribution in [0.15, 0.2) is 60.8 Å². The van der Waals surface area contributed by atoms with E-state index in [1.165, 1.54) is 4.90 Å². The fourth-order valence-electron chi connectivity index (χ4n) is 4.69. The number of nitrogens with zero attached hydrogens (tertiary/aromatic N) is 3. The molecule has 0 radical (unpaired) electrons. The van der Waals surface area contributed by atoms with E-state index >= 15 is 0 Å². The highest BCUT2D eigenvalue weighted by atomic mass is 16.2. The molecule has 0 aromatic heterocycles. The summed E-state index contributed by atoms with van der Waals surface area (Å²) in [7, 11) is 0. The third-order valence-corrected chi connectivity index (χ3v) is 5.87. The first-order valence-electron chi connectivity index (χ1n) is 9.04. The first-order valence-corrected chi connectivity index (χ1v) is 9.04. The van der Waals surface area contributed by atoms with Gasteiger partial charge in [0.25, 0.3) is 0 Å². The average Bonchev–Trinajstić information content (AvgIpc) is 3.17. The summed E-state index contributed by atoms with van der Waals surface area (Å²) in [6, 6.07) is 18.8. The maximum atomic E-state index is 13.3. The van der Waals surface area contributed by atoms with Gasteiger partial charge < -0.3 is 4.90 Å². The molecular formula is C22H17N3O2. The molecule has 2 aromatic carbocycles. The number of hydrogen-bond acceptors (Lipinski definition) is 4. The zero-order chi connectivity index (χ0) is 18.5. The SMILES string of the molecule is N#C[C@@H]1[C@H]2C(=O)N(Cc3ccccc3)C(=O)[C@H]2[C@H]2c3ccccc3C=CN12. The van der Waals surface area contributed by atoms with Gasteiger partial charge in [0, 0.05) is 6.20 Å². The highest BCUT2D eigenvalue weighted by Gasteiger charge is 2.62. The molecule has 0 aliphatic carbocycles. The fourth-order valence-corrected chi connectivity index (χ4v) is 4.69. The normalized spacial score (nSPS) is 28.0. The van der Waals surface area contributed by atoms with Crippen LogP contribution in [0.3, 0.4) is 0 Å². The van der Waals surface area contributed by atoms with E-state index in [1.54, 1.807) is 0 Å². The van der Waals surface area contributed by atoms with Crippen molar-refractivity contribution in [2.45, 2.75) is 18.6 Å². The smallest absolute Gasteiger partial charge is 0.236 e. The standard InChI is InChI=1S/C22H17N3O2/c23-12-17-18-19(20-16-9-5-4-8-15(16)10-11-24(17)20)22(27)25(21(18)26)13-14-6-2-1-3-7-14/h1-11,17-20H,13H2/t17-,18-,19-,20-/m1/s1. The van der Waals surface area contributed by atoms with Gasteiger partial charge in [-0.1, -0.05) is 54.6 Å². The second-order valence-electron chi connectivity index (χ2n) is 7.21. The molecule has 0 bridgehead atoms. The minimum Gasteiger partial charge on any atom is -0.353 e. The highest BCUT2D eigenvalue weighted by Crippen LogP contribution is 2.52. The number of nitriles is 1. The Bertz CT molecular complexity index is 1010. The number of likely N-dealkylation sites (tertiary alicyclic amines) is 1. The summed E-state index contributed by atoms with van der Waals surface area (Å²) in [6.07, 6.45) is 3.81. The van der Waals surface area contributed by atoms with Crippen molar-refractivity contribution >= 4 is 17.9 Å². The lowest BCUT2D eigenvalue weighted by molar-refractivity contribution is -0.141. The lowest BCUT2D eigenvalue weighted by Crippen LogP contribution is -2.39. The summed E-state index contributed by atoms with van der Waals surface area (Å²) in [5.74, 6) is -1.55. The fraction of sp³-hybridized carbons (Fsp3) is 0.227. The van der Waals surface area contributed by atoms with Gasteiger partial charge in [-0.15, -0.1) is 0 Å². The van der Waals surface area contributed by atoms with Crippen molar-refractivity contribution < 1.29 is 9.59 Å². The zero-order valence-electron chi connectivity index (χ0n) is 14.5. The van der Waals surface area contributed by atoms with E-state index in [-0.39, 0.29) is 24.4 Å². The second-order valence-corrected chi connectivity index (χ2v) is 7.21. The highest BCUT2D eigenvalue weighted by molar-refractivity contribution is 6.06. The summed E-state index contributed by atoms with van der Waals surface area (Å²) >= 11 is 0. The van der Waals surface area contributed by atoms with Crippen LogP contribution >= 0.6 is 0 Å². The Morgan fingerprint density at radius 1 is 0.926 bits per heavy atom. The second kappa shape index (κ2) is 5.82. The molecule has 2 fully saturated rings. The van der Waals surface area contributed by atoms with Crippen LogP contribution in [0.25, 0.3) is 6.08 Å². The number of carbonyl (C=O) groups excluding carboxylic acids is 2. The van der Waals surface area contributed by atoms with Gasteiger partial charge in [0.1, 0.15) is 6.04 Å². The molecule has 5 rings (SSSR count). The number of fused-ring (bicyclic) bond motifs is 5. The van der Waals surface area contributed by atoms with E-state index in [4.69, 9.17) is 0 Å². The average molecular weight is 355 g/mol. The number of imide groups is 1. The maximum absolute atomic E-state index is 13.3. The number of rotatable bonds is 2. The van der Waals surface area contributed by atoms with E-state index in [1.807, 2.05) is 71.8 Å². The summed E-state index contributed by atoms with van der Waals surface area (Å²) in [6.45, 7) is 0.258. The molecule has 3 heterocycles. The molecule has 2 amide bonds. The first-order chi connectivity index (χ1) is 13.2. The molecule has 3 aliphatic heterocycles. The summed E-state index contributed by atoms with van der Waals surface area (Å²) in [5, 5.41) is 9.77. The maximum Gasteiger partial charge on any atom is 0.236 e. The van der Waals surface area contributed by atoms with Crippen molar-refractivity contribution in [3.63, 3.8) is 0 Å². The van der Waals surface area contributed by atoms with E-state index in [2.05, 4.69) is 6.07 Å². The molecule has 0 saturated carbocycles. The molecule has 0 spiro atoms. The molecule has 3 aliphatic rings. The third kappa shape index (κ3) is 2.16. The molecule has 2 saturated heterocycles. The summed E-state index contributed by atoms with van der Waals surface area (Å²) in [5.41, 5.74) is 2.96. The predicted molar refractivity (Wildman–Crippen MR) is 98.4 cm³/mol. The molecule has 0 unspecified atom stereocenters. The topological polar surface area (TPSA) is 64.4 Å². The van der Waals surface area contributed by atoms with Gasteiger partial charge in [-0.25, -0.2) is 0 Å². The van der Waals surface area contributed by atoms with Crippen LogP contribution < -0.4 is 0 Å². The van der Waals surface area contributed by atoms with Gasteiger partial charge in [-0.3, -0.25) is 14.5 Å². The number of carbonyl (C=O) groups is 2. The Morgan fingerprint density at radius 3 is 2.41 bits per heavy atom. The quantitative estimate of drug-likeness (QED) is 0.777. The minimum atomic E-state index is -0.623. The van der Waals surface area contributed by atoms with Crippen LogP contribution in [0.4, 0.5) is 0 Å². The summed E-state index contributed by atoms with van der Waals surface area (Å²) < 4.78 is 0. The van der Waals surface area contributed by atoms with Crippen LogP contribution in [0, 0.1) is 23.2 Å². The van der Waals surface area contributed by atoms with Gasteiger partial charge in [0.05, 0.1) is 30.5 Å². The van der Waals surface area contributed by atoms with Gasteiger partial charge in [-0.2, -0.15) is 5.26 Å². The van der Waals surface area contributed by atoms with Crippen LogP contribution in [0.5, 0.6) is 0 Å². The Kier molecular flexibility index (Phi) is 3.41. The Balaban J connectivity index is 1.56. The van der Waals surface area contributed by atoms with E-state index in [0.29, 0.717) is 0 Å². The van der Waals surface area contributed by atoms with Crippen LogP contribution in [0.2, 0.25) is 0 Å². The molecule has 27 heavy (non-hydrogen) atoms. The third-order valence-electron chi connectivity index (χ3n) is 5.87. The van der Waals surface area contributed by atoms with Crippen molar-refractivity contribution in [3.05, 3.63) is 77.5 Å². The molecule has 132 valence electrons. The van der Waals surface area contributed by atoms with Crippen molar-refractivity contribution in [1.29, 1.82) is 5.26 Å². The van der Waals surface area contributed by atoms with Gasteiger partial charge >= 0.3 is 0 Å². The zero-order valence-corrected chi connectivity index (χ0v) is 14.5. The molecular weight excluding hydrogens is 338 g/mol. The van der Waals surface area contributed by atoms with E-state index < -0.39 is 17.9 Å². The Morgan fingerprint density at radius 2 is 1.63 bits per heavy atom. The van der Waals surface area contributed by atoms with Crippen molar-refractivity contribution in [3.8, 4) is 6.07 Å². The first kappa shape index (κ1) is 15.8. The monoisotopic (exact) mass is 355 g/mol. The van der Waals surface area contributed by atoms with Gasteiger partial charge in [-0.05, 0) is 22.8 Å². The van der Waals surface area contributed by atoms with Gasteiger partial charge in [0.15, 0.2) is 0 Å². The molecule has 5 nitrogen and oxygen atoms in total. The van der Waals surface area contributed by atoms with Crippen molar-refractivity contribution in [2.75, 3.05) is 0 Å². The van der Waals surface area contributed by atoms with Crippen molar-refractivity contribution in [2.24, 2.45) is 11.8 Å². The molecule has 2 aromatic rings. The Hall–Kier alpha value is -3.39. The van der Waals surface area contributed by atoms with Crippen LogP contribution in [-0.4, -0.2) is 27.7 Å². The molecule has 5 heteroatoms. The number of hydrogen-bond donors (Lipinski definition) is 0. The predicted octanol–water partition coefficient (Wildman–Crippen LogP) is 2.72. The van der Waals surface area contributed by atoms with Gasteiger partial charge in [0.2, 0.25) is 11.8 Å². The summed E-state index contributed by atoms with van der Waals surface area (Å²) in [4.78, 5) is 29.6. The molecule has 0 N–H and O–H groups in total. The van der Waals surface area contributed by atoms with Crippen molar-refractivity contribution in [1.82, 2.24) is 9.80 Å². The number of amides is 2. The Labute approximate surface area is 157 Å². The van der Waals surface area contributed by atoms with Crippen LogP contribution in [0.1, 0.15) is 22.7 Å². The largest absolute Gasteiger partial charge is 0.353 e. The minimum absolute atomic E-state index is 0.174. The lowest BCUT2D eigenvalue weighted by atomic mass is 9.85.